The van der Waals surface area contributed by atoms with E-state index in [1.807, 2.05) is 38.1 Å². The molecule has 2 saturated heterocycles. The third-order valence-electron chi connectivity index (χ3n) is 5.95. The van der Waals surface area contributed by atoms with Crippen LogP contribution in [0.2, 0.25) is 0 Å². The molecule has 1 atom stereocenters. The Morgan fingerprint density at radius 3 is 2.78 bits per heavy atom. The van der Waals surface area contributed by atoms with Gasteiger partial charge in [0, 0.05) is 31.7 Å². The predicted octanol–water partition coefficient (Wildman–Crippen LogP) is 1.63. The summed E-state index contributed by atoms with van der Waals surface area (Å²) in [5, 5.41) is 7.11. The van der Waals surface area contributed by atoms with Gasteiger partial charge in [-0.05, 0) is 30.5 Å². The van der Waals surface area contributed by atoms with Crippen LogP contribution < -0.4 is 4.74 Å². The molecule has 1 N–H and O–H groups in total. The highest BCUT2D eigenvalue weighted by Gasteiger charge is 2.41. The minimum Gasteiger partial charge on any atom is -0.497 e. The Labute approximate surface area is 187 Å². The summed E-state index contributed by atoms with van der Waals surface area (Å²) in [6.07, 6.45) is 0.432. The Morgan fingerprint density at radius 2 is 2.03 bits per heavy atom. The molecule has 2 aliphatic heterocycles. The lowest BCUT2D eigenvalue weighted by molar-refractivity contribution is -0.156. The van der Waals surface area contributed by atoms with Gasteiger partial charge in [0.25, 0.3) is 5.91 Å². The number of H-pyrrole nitrogens is 1. The smallest absolute Gasteiger partial charge is 0.271 e. The molecule has 32 heavy (non-hydrogen) atoms. The molecular formula is C23H29N5O4. The number of rotatable bonds is 5. The van der Waals surface area contributed by atoms with Crippen molar-refractivity contribution in [2.45, 2.75) is 26.3 Å². The number of carbonyl (C=O) groups excluding carboxylic acids is 3. The summed E-state index contributed by atoms with van der Waals surface area (Å²) >= 11 is 0. The first-order valence-corrected chi connectivity index (χ1v) is 10.9. The molecule has 9 heteroatoms. The number of hydrogen-bond acceptors (Lipinski definition) is 5. The topological polar surface area (TPSA) is 98.8 Å². The molecule has 1 aromatic carbocycles. The predicted molar refractivity (Wildman–Crippen MR) is 118 cm³/mol. The highest BCUT2D eigenvalue weighted by Crippen LogP contribution is 2.24. The van der Waals surface area contributed by atoms with E-state index in [-0.39, 0.29) is 24.3 Å². The van der Waals surface area contributed by atoms with Gasteiger partial charge >= 0.3 is 0 Å². The number of nitrogens with one attached hydrogen (secondary N) is 1. The number of carbonyl (C=O) groups is 3. The number of aromatic nitrogens is 2. The van der Waals surface area contributed by atoms with Gasteiger partial charge in [-0.3, -0.25) is 19.5 Å². The van der Waals surface area contributed by atoms with E-state index in [0.717, 1.165) is 5.56 Å². The minimum atomic E-state index is -0.498. The molecule has 2 fully saturated rings. The summed E-state index contributed by atoms with van der Waals surface area (Å²) < 4.78 is 5.26. The largest absolute Gasteiger partial charge is 0.497 e. The molecule has 2 aromatic rings. The van der Waals surface area contributed by atoms with Gasteiger partial charge in [-0.1, -0.05) is 26.0 Å². The van der Waals surface area contributed by atoms with Crippen LogP contribution in [0.5, 0.6) is 5.75 Å². The molecule has 4 rings (SSSR count). The zero-order chi connectivity index (χ0) is 22.8. The maximum absolute atomic E-state index is 13.1. The minimum absolute atomic E-state index is 0.0190. The first-order chi connectivity index (χ1) is 15.4. The van der Waals surface area contributed by atoms with E-state index in [1.165, 1.54) is 0 Å². The lowest BCUT2D eigenvalue weighted by Gasteiger charge is -2.39. The van der Waals surface area contributed by atoms with Crippen LogP contribution in [-0.4, -0.2) is 88.5 Å². The van der Waals surface area contributed by atoms with E-state index in [4.69, 9.17) is 4.74 Å². The number of aromatic amines is 1. The van der Waals surface area contributed by atoms with Gasteiger partial charge in [-0.2, -0.15) is 5.10 Å². The van der Waals surface area contributed by atoms with Crippen LogP contribution in [0.15, 0.2) is 30.3 Å². The second-order valence-electron chi connectivity index (χ2n) is 8.70. The Bertz CT molecular complexity index is 1020. The number of ether oxygens (including phenoxy) is 1. The molecular weight excluding hydrogens is 410 g/mol. The second kappa shape index (κ2) is 9.02. The molecule has 0 saturated carbocycles. The zero-order valence-corrected chi connectivity index (χ0v) is 18.7. The van der Waals surface area contributed by atoms with E-state index in [1.54, 1.807) is 27.9 Å². The van der Waals surface area contributed by atoms with Crippen molar-refractivity contribution >= 4 is 17.7 Å². The fourth-order valence-corrected chi connectivity index (χ4v) is 4.36. The maximum Gasteiger partial charge on any atom is 0.271 e. The van der Waals surface area contributed by atoms with E-state index < -0.39 is 6.04 Å². The number of amides is 3. The summed E-state index contributed by atoms with van der Waals surface area (Å²) in [5.41, 5.74) is 1.87. The number of hydrogen-bond donors (Lipinski definition) is 1. The van der Waals surface area contributed by atoms with Crippen molar-refractivity contribution in [3.8, 4) is 17.0 Å². The van der Waals surface area contributed by atoms with Crippen LogP contribution >= 0.6 is 0 Å². The van der Waals surface area contributed by atoms with Crippen LogP contribution in [0.1, 0.15) is 30.8 Å². The average Bonchev–Trinajstić information content (AvgIpc) is 3.16. The van der Waals surface area contributed by atoms with Crippen molar-refractivity contribution in [1.29, 1.82) is 0 Å². The van der Waals surface area contributed by atoms with Crippen LogP contribution in [0, 0.1) is 5.92 Å². The Balaban J connectivity index is 1.47. The standard InChI is InChI=1S/C23H29N5O4/c1-15(2)13-27-14-21(29)28-10-9-26(8-7-20(28)23(27)31)22(30)19-12-18(24-25-19)16-5-4-6-17(11-16)32-3/h4-6,11-12,15,20H,7-10,13-14H2,1-3H3,(H,24,25). The van der Waals surface area contributed by atoms with Gasteiger partial charge in [-0.25, -0.2) is 0 Å². The molecule has 0 aliphatic carbocycles. The SMILES string of the molecule is COc1cccc(-c2cc(C(=O)N3CCC4C(=O)N(CC(C)C)CC(=O)N4CC3)[nH]n2)c1. The Hall–Kier alpha value is -3.36. The number of methoxy groups -OCH3 is 1. The van der Waals surface area contributed by atoms with Crippen LogP contribution in [0.3, 0.4) is 0 Å². The van der Waals surface area contributed by atoms with Gasteiger partial charge in [0.2, 0.25) is 11.8 Å². The van der Waals surface area contributed by atoms with Crippen molar-refractivity contribution in [2.24, 2.45) is 5.92 Å². The van der Waals surface area contributed by atoms with Gasteiger partial charge in [0.15, 0.2) is 0 Å². The Kier molecular flexibility index (Phi) is 6.16. The fourth-order valence-electron chi connectivity index (χ4n) is 4.36. The van der Waals surface area contributed by atoms with Gasteiger partial charge < -0.3 is 19.4 Å². The van der Waals surface area contributed by atoms with E-state index in [2.05, 4.69) is 10.2 Å². The van der Waals surface area contributed by atoms with E-state index in [0.29, 0.717) is 55.7 Å². The highest BCUT2D eigenvalue weighted by molar-refractivity contribution is 5.96. The molecule has 2 aliphatic rings. The normalized spacial score (nSPS) is 19.2. The Morgan fingerprint density at radius 1 is 1.22 bits per heavy atom. The first kappa shape index (κ1) is 21.9. The molecule has 0 bridgehead atoms. The van der Waals surface area contributed by atoms with Crippen LogP contribution in [0.4, 0.5) is 0 Å². The summed E-state index contributed by atoms with van der Waals surface area (Å²) in [4.78, 5) is 43.7. The molecule has 1 unspecified atom stereocenters. The summed E-state index contributed by atoms with van der Waals surface area (Å²) in [5.74, 6) is 0.746. The molecule has 170 valence electrons. The van der Waals surface area contributed by atoms with Gasteiger partial charge in [0.05, 0.1) is 19.3 Å². The third kappa shape index (κ3) is 4.32. The summed E-state index contributed by atoms with van der Waals surface area (Å²) in [6, 6.07) is 8.69. The van der Waals surface area contributed by atoms with Gasteiger partial charge in [0.1, 0.15) is 17.5 Å². The van der Waals surface area contributed by atoms with Crippen molar-refractivity contribution < 1.29 is 19.1 Å². The lowest BCUT2D eigenvalue weighted by atomic mass is 10.1. The van der Waals surface area contributed by atoms with Crippen molar-refractivity contribution in [3.63, 3.8) is 0 Å². The first-order valence-electron chi connectivity index (χ1n) is 10.9. The molecule has 0 radical (unpaired) electrons. The monoisotopic (exact) mass is 439 g/mol. The number of benzene rings is 1. The number of piperazine rings is 1. The number of nitrogens with zero attached hydrogens (tertiary/aromatic N) is 4. The highest BCUT2D eigenvalue weighted by atomic mass is 16.5. The summed E-state index contributed by atoms with van der Waals surface area (Å²) in [6.45, 7) is 5.88. The number of fused-ring (bicyclic) bond motifs is 1. The van der Waals surface area contributed by atoms with Crippen LogP contribution in [-0.2, 0) is 9.59 Å². The third-order valence-corrected chi connectivity index (χ3v) is 5.95. The lowest BCUT2D eigenvalue weighted by Crippen LogP contribution is -2.60. The van der Waals surface area contributed by atoms with Crippen molar-refractivity contribution in [3.05, 3.63) is 36.0 Å². The molecule has 3 heterocycles. The fraction of sp³-hybridized carbons (Fsp3) is 0.478. The van der Waals surface area contributed by atoms with Crippen LogP contribution in [0.25, 0.3) is 11.3 Å². The molecule has 0 spiro atoms. The average molecular weight is 440 g/mol. The zero-order valence-electron chi connectivity index (χ0n) is 18.7. The van der Waals surface area contributed by atoms with E-state index >= 15 is 0 Å². The maximum atomic E-state index is 13.1. The van der Waals surface area contributed by atoms with Gasteiger partial charge in [-0.15, -0.1) is 0 Å². The molecule has 3 amide bonds. The summed E-state index contributed by atoms with van der Waals surface area (Å²) in [7, 11) is 1.60. The quantitative estimate of drug-likeness (QED) is 0.764. The molecule has 9 nitrogen and oxygen atoms in total. The molecule has 1 aromatic heterocycles. The van der Waals surface area contributed by atoms with E-state index in [9.17, 15) is 14.4 Å². The second-order valence-corrected chi connectivity index (χ2v) is 8.70. The van der Waals surface area contributed by atoms with Crippen molar-refractivity contribution in [1.82, 2.24) is 24.9 Å². The van der Waals surface area contributed by atoms with Crippen molar-refractivity contribution in [2.75, 3.05) is 39.8 Å².